The Labute approximate surface area is 155 Å². The first-order chi connectivity index (χ1) is 12.3. The van der Waals surface area contributed by atoms with E-state index in [4.69, 9.17) is 20.9 Å². The summed E-state index contributed by atoms with van der Waals surface area (Å²) >= 11 is 5.93. The van der Waals surface area contributed by atoms with E-state index in [1.54, 1.807) is 0 Å². The first-order valence-electron chi connectivity index (χ1n) is 8.20. The van der Waals surface area contributed by atoms with E-state index >= 15 is 4.39 Å². The number of benzene rings is 1. The van der Waals surface area contributed by atoms with Crippen LogP contribution >= 0.6 is 11.6 Å². The van der Waals surface area contributed by atoms with E-state index in [2.05, 4.69) is 10.1 Å². The van der Waals surface area contributed by atoms with Gasteiger partial charge in [0, 0.05) is 23.9 Å². The monoisotopic (exact) mass is 401 g/mol. The zero-order chi connectivity index (χ0) is 18.5. The van der Waals surface area contributed by atoms with Crippen molar-refractivity contribution in [3.8, 4) is 5.75 Å². The lowest BCUT2D eigenvalue weighted by Crippen LogP contribution is -2.32. The van der Waals surface area contributed by atoms with E-state index in [1.165, 1.54) is 25.3 Å². The molecule has 7 nitrogen and oxygen atoms in total. The van der Waals surface area contributed by atoms with Crippen molar-refractivity contribution < 1.29 is 22.1 Å². The second-order valence-electron chi connectivity index (χ2n) is 6.58. The third kappa shape index (κ3) is 2.97. The number of sulfonamides is 1. The van der Waals surface area contributed by atoms with Crippen LogP contribution in [-0.2, 0) is 15.7 Å². The number of alkyl halides is 1. The SMILES string of the molecule is COc1ccc(Cl)cc1S(=O)(=O)N1CCC(F)(c2nc(C3CC3)no2)C1. The Hall–Kier alpha value is -1.71. The quantitative estimate of drug-likeness (QED) is 0.765. The van der Waals surface area contributed by atoms with Crippen LogP contribution in [0.5, 0.6) is 5.75 Å². The molecule has 1 aliphatic carbocycles. The van der Waals surface area contributed by atoms with Gasteiger partial charge in [-0.25, -0.2) is 12.8 Å². The lowest BCUT2D eigenvalue weighted by atomic mass is 10.1. The number of halogens is 2. The maximum absolute atomic E-state index is 15.3. The lowest BCUT2D eigenvalue weighted by Gasteiger charge is -2.19. The highest BCUT2D eigenvalue weighted by Crippen LogP contribution is 2.42. The molecule has 2 aliphatic rings. The van der Waals surface area contributed by atoms with Gasteiger partial charge in [-0.1, -0.05) is 16.8 Å². The summed E-state index contributed by atoms with van der Waals surface area (Å²) < 4.78 is 52.5. The number of hydrogen-bond acceptors (Lipinski definition) is 6. The molecule has 1 aromatic heterocycles. The Bertz CT molecular complexity index is 947. The zero-order valence-corrected chi connectivity index (χ0v) is 15.6. The summed E-state index contributed by atoms with van der Waals surface area (Å²) in [5, 5.41) is 4.07. The van der Waals surface area contributed by atoms with Crippen molar-refractivity contribution in [2.45, 2.75) is 35.7 Å². The van der Waals surface area contributed by atoms with Gasteiger partial charge in [0.25, 0.3) is 5.89 Å². The average Bonchev–Trinajstić information content (AvgIpc) is 3.18. The van der Waals surface area contributed by atoms with Gasteiger partial charge in [0.1, 0.15) is 10.6 Å². The molecular formula is C16H17ClFN3O4S. The van der Waals surface area contributed by atoms with Crippen LogP contribution in [0.25, 0.3) is 0 Å². The molecule has 0 amide bonds. The minimum atomic E-state index is -3.99. The summed E-state index contributed by atoms with van der Waals surface area (Å²) in [5.41, 5.74) is -2.00. The molecule has 10 heteroatoms. The van der Waals surface area contributed by atoms with Crippen molar-refractivity contribution in [2.24, 2.45) is 0 Å². The van der Waals surface area contributed by atoms with Crippen molar-refractivity contribution in [1.29, 1.82) is 0 Å². The van der Waals surface area contributed by atoms with Gasteiger partial charge < -0.3 is 9.26 Å². The normalized spacial score (nSPS) is 24.1. The molecule has 1 atom stereocenters. The topological polar surface area (TPSA) is 85.5 Å². The van der Waals surface area contributed by atoms with Crippen molar-refractivity contribution in [3.05, 3.63) is 34.9 Å². The maximum atomic E-state index is 15.3. The van der Waals surface area contributed by atoms with Gasteiger partial charge in [0.05, 0.1) is 13.7 Å². The van der Waals surface area contributed by atoms with Gasteiger partial charge >= 0.3 is 0 Å². The third-order valence-corrected chi connectivity index (χ3v) is 6.80. The number of nitrogens with zero attached hydrogens (tertiary/aromatic N) is 3. The summed E-state index contributed by atoms with van der Waals surface area (Å²) in [7, 11) is -2.62. The molecule has 1 saturated heterocycles. The van der Waals surface area contributed by atoms with Crippen LogP contribution in [0.3, 0.4) is 0 Å². The van der Waals surface area contributed by atoms with Crippen molar-refractivity contribution in [3.63, 3.8) is 0 Å². The van der Waals surface area contributed by atoms with Crippen LogP contribution in [0.1, 0.15) is 36.9 Å². The maximum Gasteiger partial charge on any atom is 0.265 e. The molecule has 1 unspecified atom stereocenters. The fourth-order valence-corrected chi connectivity index (χ4v) is 4.94. The Morgan fingerprint density at radius 2 is 2.19 bits per heavy atom. The molecule has 140 valence electrons. The molecule has 26 heavy (non-hydrogen) atoms. The Balaban J connectivity index is 1.62. The van der Waals surface area contributed by atoms with E-state index in [9.17, 15) is 8.42 Å². The highest BCUT2D eigenvalue weighted by molar-refractivity contribution is 7.89. The highest BCUT2D eigenvalue weighted by Gasteiger charge is 2.49. The minimum Gasteiger partial charge on any atom is -0.495 e. The fourth-order valence-electron chi connectivity index (χ4n) is 3.03. The van der Waals surface area contributed by atoms with Gasteiger partial charge in [0.2, 0.25) is 15.7 Å². The van der Waals surface area contributed by atoms with Crippen LogP contribution in [0.4, 0.5) is 4.39 Å². The van der Waals surface area contributed by atoms with Crippen LogP contribution < -0.4 is 4.74 Å². The molecule has 2 fully saturated rings. The van der Waals surface area contributed by atoms with Crippen LogP contribution in [0, 0.1) is 0 Å². The Morgan fingerprint density at radius 3 is 2.88 bits per heavy atom. The average molecular weight is 402 g/mol. The molecule has 4 rings (SSSR count). The molecule has 2 aromatic rings. The molecular weight excluding hydrogens is 385 g/mol. The fraction of sp³-hybridized carbons (Fsp3) is 0.500. The predicted molar refractivity (Wildman–Crippen MR) is 90.4 cm³/mol. The molecule has 0 bridgehead atoms. The Morgan fingerprint density at radius 1 is 1.42 bits per heavy atom. The van der Waals surface area contributed by atoms with Crippen molar-refractivity contribution in [2.75, 3.05) is 20.2 Å². The van der Waals surface area contributed by atoms with Gasteiger partial charge in [-0.2, -0.15) is 9.29 Å². The standard InChI is InChI=1S/C16H17ClFN3O4S/c1-24-12-5-4-11(17)8-13(12)26(22,23)21-7-6-16(18,9-21)15-19-14(20-25-15)10-2-3-10/h4-5,8,10H,2-3,6-7,9H2,1H3. The van der Waals surface area contributed by atoms with Gasteiger partial charge in [-0.15, -0.1) is 0 Å². The first-order valence-corrected chi connectivity index (χ1v) is 10.0. The van der Waals surface area contributed by atoms with E-state index in [-0.39, 0.29) is 40.4 Å². The predicted octanol–water partition coefficient (Wildman–Crippen LogP) is 2.87. The molecule has 2 heterocycles. The smallest absolute Gasteiger partial charge is 0.265 e. The van der Waals surface area contributed by atoms with Gasteiger partial charge in [-0.05, 0) is 31.0 Å². The van der Waals surface area contributed by atoms with E-state index in [0.717, 1.165) is 17.1 Å². The Kier molecular flexibility index (Phi) is 4.20. The summed E-state index contributed by atoms with van der Waals surface area (Å²) in [4.78, 5) is 4.05. The van der Waals surface area contributed by atoms with Gasteiger partial charge in [-0.3, -0.25) is 0 Å². The molecule has 0 N–H and O–H groups in total. The molecule has 1 saturated carbocycles. The molecule has 1 aliphatic heterocycles. The largest absolute Gasteiger partial charge is 0.495 e. The molecule has 0 spiro atoms. The third-order valence-electron chi connectivity index (χ3n) is 4.70. The number of methoxy groups -OCH3 is 1. The van der Waals surface area contributed by atoms with Crippen LogP contribution in [0.2, 0.25) is 5.02 Å². The van der Waals surface area contributed by atoms with Crippen LogP contribution in [0.15, 0.2) is 27.6 Å². The molecule has 1 aromatic carbocycles. The summed E-state index contributed by atoms with van der Waals surface area (Å²) in [6.07, 6.45) is 1.88. The first kappa shape index (κ1) is 17.7. The van der Waals surface area contributed by atoms with E-state index in [0.29, 0.717) is 5.82 Å². The van der Waals surface area contributed by atoms with E-state index < -0.39 is 22.2 Å². The number of rotatable bonds is 5. The summed E-state index contributed by atoms with van der Waals surface area (Å²) in [6, 6.07) is 4.29. The lowest BCUT2D eigenvalue weighted by molar-refractivity contribution is 0.127. The highest BCUT2D eigenvalue weighted by atomic mass is 35.5. The minimum absolute atomic E-state index is 0.00432. The van der Waals surface area contributed by atoms with Gasteiger partial charge in [0.15, 0.2) is 5.82 Å². The van der Waals surface area contributed by atoms with Crippen LogP contribution in [-0.4, -0.2) is 43.1 Å². The summed E-state index contributed by atoms with van der Waals surface area (Å²) in [5.74, 6) is 0.720. The van der Waals surface area contributed by atoms with Crippen molar-refractivity contribution >= 4 is 21.6 Å². The number of aromatic nitrogens is 2. The summed E-state index contributed by atoms with van der Waals surface area (Å²) in [6.45, 7) is -0.396. The van der Waals surface area contributed by atoms with E-state index in [1.807, 2.05) is 0 Å². The van der Waals surface area contributed by atoms with Crippen molar-refractivity contribution in [1.82, 2.24) is 14.4 Å². The number of hydrogen-bond donors (Lipinski definition) is 0. The number of ether oxygens (including phenoxy) is 1. The second-order valence-corrected chi connectivity index (χ2v) is 8.92. The molecule has 0 radical (unpaired) electrons. The second kappa shape index (κ2) is 6.17. The zero-order valence-electron chi connectivity index (χ0n) is 14.0.